The highest BCUT2D eigenvalue weighted by Gasteiger charge is 2.29. The van der Waals surface area contributed by atoms with Crippen LogP contribution in [-0.2, 0) is 23.8 Å². The van der Waals surface area contributed by atoms with E-state index in [2.05, 4.69) is 0 Å². The van der Waals surface area contributed by atoms with Crippen LogP contribution in [0.5, 0.6) is 0 Å². The first-order valence-corrected chi connectivity index (χ1v) is 6.91. The molecule has 1 aliphatic rings. The lowest BCUT2D eigenvalue weighted by atomic mass is 10.1. The molecule has 1 heterocycles. The normalized spacial score (nSPS) is 16.8. The van der Waals surface area contributed by atoms with Gasteiger partial charge in [-0.1, -0.05) is 0 Å². The quantitative estimate of drug-likeness (QED) is 0.705. The minimum atomic E-state index is -0.553. The van der Waals surface area contributed by atoms with Gasteiger partial charge in [-0.05, 0) is 33.6 Å². The van der Waals surface area contributed by atoms with Gasteiger partial charge in [0, 0.05) is 26.4 Å². The van der Waals surface area contributed by atoms with Gasteiger partial charge in [-0.25, -0.2) is 0 Å². The molecule has 0 aromatic carbocycles. The molecule has 0 unspecified atom stereocenters. The molecule has 116 valence electrons. The number of carbonyl (C=O) groups is 2. The van der Waals surface area contributed by atoms with Crippen molar-refractivity contribution in [1.29, 1.82) is 0 Å². The van der Waals surface area contributed by atoms with Crippen LogP contribution in [0.2, 0.25) is 0 Å². The number of carbonyl (C=O) groups excluding carboxylic acids is 2. The summed E-state index contributed by atoms with van der Waals surface area (Å²) in [6, 6.07) is 0.0129. The minimum absolute atomic E-state index is 0.0129. The summed E-state index contributed by atoms with van der Waals surface area (Å²) in [7, 11) is 1.47. The zero-order valence-corrected chi connectivity index (χ0v) is 12.8. The molecule has 1 amide bonds. The van der Waals surface area contributed by atoms with E-state index < -0.39 is 11.6 Å². The van der Waals surface area contributed by atoms with E-state index in [1.165, 1.54) is 7.11 Å². The minimum Gasteiger partial charge on any atom is -0.459 e. The van der Waals surface area contributed by atoms with Crippen LogP contribution in [0.1, 0.15) is 33.6 Å². The van der Waals surface area contributed by atoms with Gasteiger partial charge in [0.25, 0.3) is 0 Å². The Morgan fingerprint density at radius 2 is 1.85 bits per heavy atom. The zero-order valence-electron chi connectivity index (χ0n) is 12.8. The Kier molecular flexibility index (Phi) is 6.42. The number of nitrogens with zero attached hydrogens (tertiary/aromatic N) is 1. The summed E-state index contributed by atoms with van der Waals surface area (Å²) in [5.41, 5.74) is -0.553. The molecule has 0 atom stereocenters. The van der Waals surface area contributed by atoms with E-state index in [-0.39, 0.29) is 25.1 Å². The lowest BCUT2D eigenvalue weighted by Crippen LogP contribution is -2.48. The van der Waals surface area contributed by atoms with Crippen LogP contribution in [-0.4, -0.2) is 61.9 Å². The summed E-state index contributed by atoms with van der Waals surface area (Å²) in [6.45, 7) is 6.57. The van der Waals surface area contributed by atoms with Crippen molar-refractivity contribution in [3.63, 3.8) is 0 Å². The molecular weight excluding hydrogens is 262 g/mol. The van der Waals surface area contributed by atoms with Gasteiger partial charge < -0.3 is 19.1 Å². The van der Waals surface area contributed by atoms with Crippen LogP contribution in [0.15, 0.2) is 0 Å². The number of hydrogen-bond donors (Lipinski definition) is 0. The fraction of sp³-hybridized carbons (Fsp3) is 0.857. The summed E-state index contributed by atoms with van der Waals surface area (Å²) in [4.78, 5) is 25.6. The van der Waals surface area contributed by atoms with Crippen LogP contribution in [0, 0.1) is 0 Å². The molecule has 1 aliphatic heterocycles. The van der Waals surface area contributed by atoms with Crippen molar-refractivity contribution in [1.82, 2.24) is 4.90 Å². The van der Waals surface area contributed by atoms with Crippen LogP contribution in [0.25, 0.3) is 0 Å². The molecule has 0 aliphatic carbocycles. The second-order valence-corrected chi connectivity index (χ2v) is 5.88. The van der Waals surface area contributed by atoms with Gasteiger partial charge in [-0.15, -0.1) is 0 Å². The van der Waals surface area contributed by atoms with Gasteiger partial charge in [-0.3, -0.25) is 9.59 Å². The largest absolute Gasteiger partial charge is 0.459 e. The maximum Gasteiger partial charge on any atom is 0.326 e. The van der Waals surface area contributed by atoms with E-state index in [1.807, 2.05) is 0 Å². The molecule has 20 heavy (non-hydrogen) atoms. The van der Waals surface area contributed by atoms with Crippen molar-refractivity contribution in [2.75, 3.05) is 33.5 Å². The molecule has 6 nitrogen and oxygen atoms in total. The average Bonchev–Trinajstić information content (AvgIpc) is 2.35. The zero-order chi connectivity index (χ0) is 15.2. The van der Waals surface area contributed by atoms with E-state index in [9.17, 15) is 9.59 Å². The molecular formula is C14H25NO5. The van der Waals surface area contributed by atoms with E-state index in [0.717, 1.165) is 12.8 Å². The van der Waals surface area contributed by atoms with Gasteiger partial charge in [0.1, 0.15) is 18.8 Å². The molecule has 0 N–H and O–H groups in total. The molecule has 0 radical (unpaired) electrons. The molecule has 0 spiro atoms. The highest BCUT2D eigenvalue weighted by atomic mass is 16.6. The summed E-state index contributed by atoms with van der Waals surface area (Å²) in [6.07, 6.45) is 1.47. The van der Waals surface area contributed by atoms with Crippen molar-refractivity contribution >= 4 is 11.9 Å². The number of hydrogen-bond acceptors (Lipinski definition) is 5. The fourth-order valence-electron chi connectivity index (χ4n) is 2.14. The molecule has 6 heteroatoms. The van der Waals surface area contributed by atoms with Crippen molar-refractivity contribution in [3.05, 3.63) is 0 Å². The predicted octanol–water partition coefficient (Wildman–Crippen LogP) is 0.982. The number of methoxy groups -OCH3 is 1. The van der Waals surface area contributed by atoms with Crippen molar-refractivity contribution in [3.8, 4) is 0 Å². The molecule has 0 aromatic rings. The number of amides is 1. The second-order valence-electron chi connectivity index (χ2n) is 5.88. The average molecular weight is 287 g/mol. The first-order valence-electron chi connectivity index (χ1n) is 6.91. The Morgan fingerprint density at radius 1 is 1.25 bits per heavy atom. The number of rotatable bonds is 5. The molecule has 1 fully saturated rings. The van der Waals surface area contributed by atoms with Gasteiger partial charge >= 0.3 is 5.97 Å². The molecule has 0 bridgehead atoms. The maximum absolute atomic E-state index is 12.1. The monoisotopic (exact) mass is 287 g/mol. The highest BCUT2D eigenvalue weighted by Crippen LogP contribution is 2.16. The third-order valence-electron chi connectivity index (χ3n) is 2.94. The Morgan fingerprint density at radius 3 is 2.35 bits per heavy atom. The maximum atomic E-state index is 12.1. The van der Waals surface area contributed by atoms with Gasteiger partial charge in [0.05, 0.1) is 0 Å². The lowest BCUT2D eigenvalue weighted by molar-refractivity contribution is -0.161. The third-order valence-corrected chi connectivity index (χ3v) is 2.94. The molecule has 1 rings (SSSR count). The second kappa shape index (κ2) is 7.59. The topological polar surface area (TPSA) is 65.1 Å². The predicted molar refractivity (Wildman–Crippen MR) is 73.3 cm³/mol. The summed E-state index contributed by atoms with van der Waals surface area (Å²) < 4.78 is 15.5. The van der Waals surface area contributed by atoms with E-state index >= 15 is 0 Å². The number of esters is 1. The standard InChI is InChI=1S/C14H25NO5/c1-14(2,3)20-13(17)9-15(12(16)10-18-4)11-5-7-19-8-6-11/h11H,5-10H2,1-4H3. The van der Waals surface area contributed by atoms with Crippen molar-refractivity contribution in [2.24, 2.45) is 0 Å². The Labute approximate surface area is 120 Å². The molecule has 1 saturated heterocycles. The van der Waals surface area contributed by atoms with Crippen LogP contribution >= 0.6 is 0 Å². The fourth-order valence-corrected chi connectivity index (χ4v) is 2.14. The van der Waals surface area contributed by atoms with Crippen LogP contribution in [0.3, 0.4) is 0 Å². The Balaban J connectivity index is 2.66. The van der Waals surface area contributed by atoms with Gasteiger partial charge in [-0.2, -0.15) is 0 Å². The van der Waals surface area contributed by atoms with Crippen LogP contribution < -0.4 is 0 Å². The first-order chi connectivity index (χ1) is 9.33. The Hall–Kier alpha value is -1.14. The van der Waals surface area contributed by atoms with E-state index in [1.54, 1.807) is 25.7 Å². The third kappa shape index (κ3) is 5.88. The summed E-state index contributed by atoms with van der Waals surface area (Å²) in [5.74, 6) is -0.585. The Bertz CT molecular complexity index is 331. The van der Waals surface area contributed by atoms with Gasteiger partial charge in [0.15, 0.2) is 0 Å². The molecule has 0 saturated carbocycles. The SMILES string of the molecule is COCC(=O)N(CC(=O)OC(C)(C)C)C1CCOCC1. The first kappa shape index (κ1) is 16.9. The van der Waals surface area contributed by atoms with Crippen molar-refractivity contribution < 1.29 is 23.8 Å². The summed E-state index contributed by atoms with van der Waals surface area (Å²) >= 11 is 0. The van der Waals surface area contributed by atoms with Crippen molar-refractivity contribution in [2.45, 2.75) is 45.3 Å². The van der Waals surface area contributed by atoms with Crippen LogP contribution in [0.4, 0.5) is 0 Å². The molecule has 0 aromatic heterocycles. The highest BCUT2D eigenvalue weighted by molar-refractivity contribution is 5.83. The number of ether oxygens (including phenoxy) is 3. The smallest absolute Gasteiger partial charge is 0.326 e. The lowest BCUT2D eigenvalue weighted by Gasteiger charge is -2.34. The van der Waals surface area contributed by atoms with Gasteiger partial charge in [0.2, 0.25) is 5.91 Å². The summed E-state index contributed by atoms with van der Waals surface area (Å²) in [5, 5.41) is 0. The van der Waals surface area contributed by atoms with E-state index in [0.29, 0.717) is 13.2 Å². The van der Waals surface area contributed by atoms with E-state index in [4.69, 9.17) is 14.2 Å².